The van der Waals surface area contributed by atoms with E-state index in [0.29, 0.717) is 0 Å². The summed E-state index contributed by atoms with van der Waals surface area (Å²) in [6.45, 7) is 2.54. The monoisotopic (exact) mass is 276 g/mol. The Morgan fingerprint density at radius 2 is 2.06 bits per heavy atom. The van der Waals surface area contributed by atoms with Crippen LogP contribution in [0.25, 0.3) is 0 Å². The second kappa shape index (κ2) is 3.44. The van der Waals surface area contributed by atoms with Gasteiger partial charge in [-0.2, -0.15) is 0 Å². The van der Waals surface area contributed by atoms with E-state index in [-0.39, 0.29) is 6.41 Å². The van der Waals surface area contributed by atoms with Gasteiger partial charge in [-0.3, -0.25) is 9.59 Å². The minimum absolute atomic E-state index is 0.233. The number of aliphatic carboxylic acids is 1. The first-order valence-corrected chi connectivity index (χ1v) is 6.70. The van der Waals surface area contributed by atoms with Gasteiger partial charge in [-0.15, -0.1) is 0 Å². The third kappa shape index (κ3) is 1.19. The fourth-order valence-corrected chi connectivity index (χ4v) is 4.76. The number of sulfone groups is 1. The Hall–Kier alpha value is -1.64. The molecule has 8 nitrogen and oxygen atoms in total. The molecule has 0 spiro atoms. The molecule has 0 unspecified atom stereocenters. The van der Waals surface area contributed by atoms with Crippen molar-refractivity contribution in [2.45, 2.75) is 36.1 Å². The van der Waals surface area contributed by atoms with Crippen molar-refractivity contribution in [3.05, 3.63) is 0 Å². The molecule has 2 saturated heterocycles. The Labute approximate surface area is 103 Å². The lowest BCUT2D eigenvalue weighted by Crippen LogP contribution is -2.71. The lowest BCUT2D eigenvalue weighted by atomic mass is 9.96. The van der Waals surface area contributed by atoms with Gasteiger partial charge in [0.2, 0.25) is 12.3 Å². The molecule has 18 heavy (non-hydrogen) atoms. The predicted octanol–water partition coefficient (Wildman–Crippen LogP) is -2.07. The molecular formula is C9H12N2O6S. The Bertz CT molecular complexity index is 539. The summed E-state index contributed by atoms with van der Waals surface area (Å²) in [6.07, 6.45) is 0.233. The summed E-state index contributed by atoms with van der Waals surface area (Å²) in [6, 6.07) is -2.61. The zero-order chi connectivity index (χ0) is 13.9. The molecule has 0 radical (unpaired) electrons. The van der Waals surface area contributed by atoms with Gasteiger partial charge in [-0.1, -0.05) is 0 Å². The zero-order valence-electron chi connectivity index (χ0n) is 9.65. The van der Waals surface area contributed by atoms with Gasteiger partial charge in [-0.25, -0.2) is 13.2 Å². The molecular weight excluding hydrogens is 264 g/mol. The molecule has 2 aliphatic heterocycles. The second-order valence-electron chi connectivity index (χ2n) is 4.79. The van der Waals surface area contributed by atoms with E-state index in [9.17, 15) is 22.8 Å². The average Bonchev–Trinajstić information content (AvgIpc) is 2.38. The Morgan fingerprint density at radius 1 is 1.50 bits per heavy atom. The number of carboxylic acids is 1. The number of hydrogen-bond acceptors (Lipinski definition) is 5. The van der Waals surface area contributed by atoms with Crippen LogP contribution < -0.4 is 5.32 Å². The molecule has 2 amide bonds. The fourth-order valence-electron chi connectivity index (χ4n) is 2.53. The van der Waals surface area contributed by atoms with Crippen LogP contribution in [0.15, 0.2) is 0 Å². The lowest BCUT2D eigenvalue weighted by Gasteiger charge is -2.41. The maximum atomic E-state index is 12.2. The number of carbonyl (C=O) groups is 3. The van der Waals surface area contributed by atoms with Gasteiger partial charge in [0.15, 0.2) is 15.2 Å². The number of hydrogen-bond donors (Lipinski definition) is 2. The predicted molar refractivity (Wildman–Crippen MR) is 58.0 cm³/mol. The van der Waals surface area contributed by atoms with Crippen LogP contribution in [0.4, 0.5) is 0 Å². The molecule has 0 aromatic carbocycles. The third-order valence-electron chi connectivity index (χ3n) is 3.55. The molecule has 0 saturated carbocycles. The van der Waals surface area contributed by atoms with Crippen molar-refractivity contribution in [2.24, 2.45) is 0 Å². The van der Waals surface area contributed by atoms with Crippen LogP contribution in [0.2, 0.25) is 0 Å². The van der Waals surface area contributed by atoms with Crippen molar-refractivity contribution in [1.82, 2.24) is 10.2 Å². The number of fused-ring (bicyclic) bond motifs is 1. The highest BCUT2D eigenvalue weighted by Gasteiger charge is 2.72. The minimum Gasteiger partial charge on any atom is -0.480 e. The number of carboxylic acid groups (broad SMARTS) is 1. The van der Waals surface area contributed by atoms with E-state index in [4.69, 9.17) is 5.11 Å². The quantitative estimate of drug-likeness (QED) is 0.451. The van der Waals surface area contributed by atoms with Crippen LogP contribution in [0.5, 0.6) is 0 Å². The summed E-state index contributed by atoms with van der Waals surface area (Å²) in [7, 11) is -3.86. The van der Waals surface area contributed by atoms with Gasteiger partial charge in [-0.05, 0) is 13.8 Å². The van der Waals surface area contributed by atoms with Crippen LogP contribution in [0, 0.1) is 0 Å². The van der Waals surface area contributed by atoms with Crippen molar-refractivity contribution in [3.8, 4) is 0 Å². The van der Waals surface area contributed by atoms with Crippen molar-refractivity contribution < 1.29 is 27.9 Å². The normalized spacial score (nSPS) is 35.6. The van der Waals surface area contributed by atoms with Gasteiger partial charge in [0.05, 0.1) is 0 Å². The first-order valence-electron chi connectivity index (χ1n) is 5.16. The maximum absolute atomic E-state index is 12.2. The molecule has 2 fully saturated rings. The molecule has 9 heteroatoms. The van der Waals surface area contributed by atoms with Gasteiger partial charge in [0.25, 0.3) is 0 Å². The summed E-state index contributed by atoms with van der Waals surface area (Å²) in [5.41, 5.74) is 0. The Kier molecular flexibility index (Phi) is 2.45. The topological polar surface area (TPSA) is 121 Å². The molecule has 0 aliphatic carbocycles. The van der Waals surface area contributed by atoms with E-state index in [1.165, 1.54) is 13.8 Å². The molecule has 0 aromatic heterocycles. The highest BCUT2D eigenvalue weighted by Crippen LogP contribution is 2.45. The molecule has 2 heterocycles. The highest BCUT2D eigenvalue weighted by atomic mass is 32.2. The molecule has 2 rings (SSSR count). The van der Waals surface area contributed by atoms with Crippen LogP contribution >= 0.6 is 0 Å². The standard InChI is InChI=1S/C9H12N2O6S/c1-9(2)5(8(14)15)11-6(13)4(10-3-12)7(11)18(9,16)17/h3-5,7H,1-2H3,(H,10,12)(H,14,15)/t4-,5+,7-/m1/s1. The number of rotatable bonds is 3. The Morgan fingerprint density at radius 3 is 2.50 bits per heavy atom. The number of nitrogens with one attached hydrogen (secondary N) is 1. The SMILES string of the molecule is CC1(C)[C@H](C(=O)O)N2C(=O)[C@@H](NC=O)[C@H]2S1(=O)=O. The van der Waals surface area contributed by atoms with Gasteiger partial charge >= 0.3 is 5.97 Å². The summed E-state index contributed by atoms with van der Waals surface area (Å²) >= 11 is 0. The van der Waals surface area contributed by atoms with Crippen LogP contribution in [0.1, 0.15) is 13.8 Å². The second-order valence-corrected chi connectivity index (χ2v) is 7.41. The third-order valence-corrected chi connectivity index (χ3v) is 6.37. The number of nitrogens with zero attached hydrogens (tertiary/aromatic N) is 1. The smallest absolute Gasteiger partial charge is 0.328 e. The van der Waals surface area contributed by atoms with Crippen molar-refractivity contribution >= 4 is 28.1 Å². The van der Waals surface area contributed by atoms with E-state index in [0.717, 1.165) is 4.90 Å². The number of β-lactam (4-membered cyclic amide) rings is 1. The van der Waals surface area contributed by atoms with E-state index < -0.39 is 43.9 Å². The molecule has 0 aromatic rings. The van der Waals surface area contributed by atoms with Gasteiger partial charge < -0.3 is 15.3 Å². The number of amides is 2. The highest BCUT2D eigenvalue weighted by molar-refractivity contribution is 7.94. The summed E-state index contributed by atoms with van der Waals surface area (Å²) in [5.74, 6) is -2.06. The average molecular weight is 276 g/mol. The van der Waals surface area contributed by atoms with Crippen molar-refractivity contribution in [1.29, 1.82) is 0 Å². The fraction of sp³-hybridized carbons (Fsp3) is 0.667. The largest absolute Gasteiger partial charge is 0.480 e. The van der Waals surface area contributed by atoms with Crippen molar-refractivity contribution in [2.75, 3.05) is 0 Å². The van der Waals surface area contributed by atoms with Gasteiger partial charge in [0.1, 0.15) is 16.8 Å². The van der Waals surface area contributed by atoms with Crippen LogP contribution in [0.3, 0.4) is 0 Å². The first-order chi connectivity index (χ1) is 8.17. The van der Waals surface area contributed by atoms with Crippen LogP contribution in [-0.4, -0.2) is 58.9 Å². The zero-order valence-corrected chi connectivity index (χ0v) is 10.5. The first kappa shape index (κ1) is 12.8. The van der Waals surface area contributed by atoms with E-state index in [1.54, 1.807) is 0 Å². The van der Waals surface area contributed by atoms with E-state index >= 15 is 0 Å². The molecule has 2 aliphatic rings. The molecule has 2 N–H and O–H groups in total. The summed E-state index contributed by atoms with van der Waals surface area (Å²) in [5, 5.41) is 9.92. The van der Waals surface area contributed by atoms with E-state index in [1.807, 2.05) is 0 Å². The van der Waals surface area contributed by atoms with Crippen molar-refractivity contribution in [3.63, 3.8) is 0 Å². The summed E-state index contributed by atoms with van der Waals surface area (Å²) in [4.78, 5) is 34.0. The lowest BCUT2D eigenvalue weighted by molar-refractivity contribution is -0.160. The maximum Gasteiger partial charge on any atom is 0.328 e. The summed E-state index contributed by atoms with van der Waals surface area (Å²) < 4.78 is 22.8. The molecule has 100 valence electrons. The van der Waals surface area contributed by atoms with E-state index in [2.05, 4.69) is 5.32 Å². The molecule has 3 atom stereocenters. The van der Waals surface area contributed by atoms with Gasteiger partial charge in [0, 0.05) is 0 Å². The Balaban J connectivity index is 2.52. The van der Waals surface area contributed by atoms with Crippen LogP contribution in [-0.2, 0) is 24.2 Å². The number of carbonyl (C=O) groups excluding carboxylic acids is 2. The minimum atomic E-state index is -3.86. The molecule has 0 bridgehead atoms.